The van der Waals surface area contributed by atoms with E-state index in [9.17, 15) is 53.1 Å². The number of carbonyl (C=O) groups is 2. The average Bonchev–Trinajstić information content (AvgIpc) is 2.52. The van der Waals surface area contributed by atoms with E-state index in [1.165, 1.54) is 19.2 Å². The van der Waals surface area contributed by atoms with E-state index in [-0.39, 0.29) is 0 Å². The zero-order valence-corrected chi connectivity index (χ0v) is 15.8. The first-order valence-corrected chi connectivity index (χ1v) is 8.85. The molecule has 0 fully saturated rings. The van der Waals surface area contributed by atoms with Crippen LogP contribution in [0.4, 0.5) is 35.1 Å². The second-order valence-corrected chi connectivity index (χ2v) is 7.53. The molecule has 0 radical (unpaired) electrons. The van der Waals surface area contributed by atoms with E-state index in [2.05, 4.69) is 16.1 Å². The van der Waals surface area contributed by atoms with Crippen LogP contribution in [0.15, 0.2) is 12.2 Å². The number of halogens is 8. The average molecular weight is 481 g/mol. The van der Waals surface area contributed by atoms with Gasteiger partial charge in [-0.05, 0) is 5.92 Å². The molecule has 0 aliphatic heterocycles. The molecule has 30 heavy (non-hydrogen) atoms. The lowest BCUT2D eigenvalue weighted by molar-refractivity contribution is -0.353. The fourth-order valence-corrected chi connectivity index (χ4v) is 1.60. The SMILES string of the molecule is C=C(C(=O)OC(OCC(F)(F)S(=O)(=O)O)(C(=O)NCC(C)C)C(F)(F)F)C(F)(F)F. The van der Waals surface area contributed by atoms with Gasteiger partial charge in [0.15, 0.2) is 0 Å². The maximum Gasteiger partial charge on any atom is 0.466 e. The van der Waals surface area contributed by atoms with Crippen molar-refractivity contribution in [1.82, 2.24) is 5.32 Å². The monoisotopic (exact) mass is 481 g/mol. The molecule has 2 N–H and O–H groups in total. The molecular weight excluding hydrogens is 466 g/mol. The molecule has 0 rings (SSSR count). The number of rotatable bonds is 9. The first-order chi connectivity index (χ1) is 13.1. The quantitative estimate of drug-likeness (QED) is 0.170. The van der Waals surface area contributed by atoms with Gasteiger partial charge in [0.2, 0.25) is 0 Å². The Morgan fingerprint density at radius 2 is 1.53 bits per heavy atom. The van der Waals surface area contributed by atoms with Crippen molar-refractivity contribution < 1.29 is 67.2 Å². The second-order valence-electron chi connectivity index (χ2n) is 5.99. The molecule has 0 aromatic rings. The minimum atomic E-state index is -6.39. The van der Waals surface area contributed by atoms with E-state index in [1.54, 1.807) is 0 Å². The van der Waals surface area contributed by atoms with Gasteiger partial charge in [0.25, 0.3) is 0 Å². The molecule has 0 aliphatic carbocycles. The number of hydrogen-bond acceptors (Lipinski definition) is 6. The summed E-state index contributed by atoms with van der Waals surface area (Å²) in [6, 6.07) is 0. The van der Waals surface area contributed by atoms with E-state index < -0.39 is 70.0 Å². The second kappa shape index (κ2) is 9.01. The molecule has 1 atom stereocenters. The van der Waals surface area contributed by atoms with Crippen molar-refractivity contribution in [3.63, 3.8) is 0 Å². The number of ether oxygens (including phenoxy) is 2. The third kappa shape index (κ3) is 6.76. The Hall–Kier alpha value is -2.01. The van der Waals surface area contributed by atoms with Gasteiger partial charge >= 0.3 is 45.4 Å². The molecule has 8 nitrogen and oxygen atoms in total. The van der Waals surface area contributed by atoms with Crippen LogP contribution in [0.25, 0.3) is 0 Å². The molecule has 0 spiro atoms. The van der Waals surface area contributed by atoms with Gasteiger partial charge < -0.3 is 14.8 Å². The van der Waals surface area contributed by atoms with Gasteiger partial charge in [0.1, 0.15) is 12.2 Å². The van der Waals surface area contributed by atoms with Crippen LogP contribution in [0.3, 0.4) is 0 Å². The van der Waals surface area contributed by atoms with Gasteiger partial charge in [-0.3, -0.25) is 9.35 Å². The lowest BCUT2D eigenvalue weighted by Crippen LogP contribution is -2.63. The highest BCUT2D eigenvalue weighted by Gasteiger charge is 2.68. The Labute approximate surface area is 163 Å². The number of esters is 1. The Morgan fingerprint density at radius 1 is 1.07 bits per heavy atom. The first kappa shape index (κ1) is 28.0. The van der Waals surface area contributed by atoms with Gasteiger partial charge in [-0.15, -0.1) is 0 Å². The van der Waals surface area contributed by atoms with Crippen molar-refractivity contribution in [2.24, 2.45) is 5.92 Å². The summed E-state index contributed by atoms with van der Waals surface area (Å²) in [7, 11) is -6.39. The summed E-state index contributed by atoms with van der Waals surface area (Å²) in [6.45, 7) is 1.29. The van der Waals surface area contributed by atoms with Crippen LogP contribution in [0, 0.1) is 5.92 Å². The zero-order valence-electron chi connectivity index (χ0n) is 15.0. The minimum absolute atomic E-state index is 0.583. The molecule has 17 heteroatoms. The Balaban J connectivity index is 6.32. The molecule has 176 valence electrons. The number of carbonyl (C=O) groups excluding carboxylic acids is 2. The van der Waals surface area contributed by atoms with Gasteiger partial charge in [-0.2, -0.15) is 43.5 Å². The maximum absolute atomic E-state index is 13.5. The maximum atomic E-state index is 13.5. The Kier molecular flexibility index (Phi) is 8.40. The molecule has 1 unspecified atom stereocenters. The van der Waals surface area contributed by atoms with E-state index in [4.69, 9.17) is 4.55 Å². The molecular formula is C13H15F8NO7S. The Bertz CT molecular complexity index is 775. The number of hydrogen-bond donors (Lipinski definition) is 2. The van der Waals surface area contributed by atoms with Gasteiger partial charge in [-0.1, -0.05) is 20.4 Å². The largest absolute Gasteiger partial charge is 0.466 e. The van der Waals surface area contributed by atoms with Crippen molar-refractivity contribution in [3.05, 3.63) is 12.2 Å². The van der Waals surface area contributed by atoms with E-state index in [0.717, 1.165) is 0 Å². The number of alkyl halides is 8. The van der Waals surface area contributed by atoms with Crippen molar-refractivity contribution in [1.29, 1.82) is 0 Å². The van der Waals surface area contributed by atoms with Crippen LogP contribution < -0.4 is 5.32 Å². The molecule has 0 aliphatic rings. The van der Waals surface area contributed by atoms with Crippen LogP contribution in [0.1, 0.15) is 13.8 Å². The van der Waals surface area contributed by atoms with Gasteiger partial charge in [-0.25, -0.2) is 4.79 Å². The summed E-state index contributed by atoms with van der Waals surface area (Å²) in [5, 5.41) is -4.00. The minimum Gasteiger partial charge on any atom is -0.412 e. The summed E-state index contributed by atoms with van der Waals surface area (Å²) in [4.78, 5) is 23.4. The Morgan fingerprint density at radius 3 is 1.87 bits per heavy atom. The molecule has 0 saturated heterocycles. The van der Waals surface area contributed by atoms with Crippen molar-refractivity contribution in [2.45, 2.75) is 37.2 Å². The normalized spacial score (nSPS) is 15.5. The highest BCUT2D eigenvalue weighted by molar-refractivity contribution is 7.86. The molecule has 0 bridgehead atoms. The first-order valence-electron chi connectivity index (χ1n) is 7.41. The smallest absolute Gasteiger partial charge is 0.412 e. The summed E-state index contributed by atoms with van der Waals surface area (Å²) < 4.78 is 141. The molecule has 0 aromatic heterocycles. The summed E-state index contributed by atoms with van der Waals surface area (Å²) >= 11 is 0. The number of amides is 1. The van der Waals surface area contributed by atoms with Crippen LogP contribution in [0.5, 0.6) is 0 Å². The summed E-state index contributed by atoms with van der Waals surface area (Å²) in [6.07, 6.45) is -11.9. The van der Waals surface area contributed by atoms with Crippen LogP contribution >= 0.6 is 0 Å². The van der Waals surface area contributed by atoms with E-state index in [0.29, 0.717) is 0 Å². The zero-order chi connectivity index (χ0) is 24.3. The predicted molar refractivity (Wildman–Crippen MR) is 80.4 cm³/mol. The van der Waals surface area contributed by atoms with Crippen molar-refractivity contribution >= 4 is 22.0 Å². The topological polar surface area (TPSA) is 119 Å². The fraction of sp³-hybridized carbons (Fsp3) is 0.692. The highest BCUT2D eigenvalue weighted by atomic mass is 32.2. The standard InChI is InChI=1S/C13H15F8NO7S/c1-6(2)4-22-9(24)11(13(19,20)21,28-5-10(14,15)30(25,26)27)29-8(23)7(3)12(16,17)18/h6H,3-5H2,1-2H3,(H,22,24)(H,25,26,27). The van der Waals surface area contributed by atoms with Crippen LogP contribution in [0.2, 0.25) is 0 Å². The van der Waals surface area contributed by atoms with Gasteiger partial charge in [0.05, 0.1) is 0 Å². The van der Waals surface area contributed by atoms with Gasteiger partial charge in [0, 0.05) is 6.54 Å². The van der Waals surface area contributed by atoms with E-state index >= 15 is 0 Å². The van der Waals surface area contributed by atoms with Crippen molar-refractivity contribution in [3.8, 4) is 0 Å². The van der Waals surface area contributed by atoms with E-state index in [1.807, 2.05) is 0 Å². The van der Waals surface area contributed by atoms with Crippen LogP contribution in [-0.4, -0.2) is 61.4 Å². The molecule has 0 heterocycles. The molecule has 0 saturated carbocycles. The molecule has 0 aromatic carbocycles. The third-order valence-corrected chi connectivity index (χ3v) is 3.86. The highest BCUT2D eigenvalue weighted by Crippen LogP contribution is 2.39. The van der Waals surface area contributed by atoms with Crippen molar-refractivity contribution in [2.75, 3.05) is 13.2 Å². The van der Waals surface area contributed by atoms with Crippen LogP contribution in [-0.2, 0) is 29.2 Å². The lowest BCUT2D eigenvalue weighted by atomic mass is 10.2. The number of nitrogens with one attached hydrogen (secondary N) is 1. The lowest BCUT2D eigenvalue weighted by Gasteiger charge is -2.34. The molecule has 1 amide bonds. The summed E-state index contributed by atoms with van der Waals surface area (Å²) in [5.41, 5.74) is -2.56. The fourth-order valence-electron chi connectivity index (χ4n) is 1.39. The third-order valence-electron chi connectivity index (χ3n) is 2.99. The summed E-state index contributed by atoms with van der Waals surface area (Å²) in [5.74, 6) is -11.2. The predicted octanol–water partition coefficient (Wildman–Crippen LogP) is 2.18.